The van der Waals surface area contributed by atoms with Gasteiger partial charge >= 0.3 is 0 Å². The summed E-state index contributed by atoms with van der Waals surface area (Å²) in [4.78, 5) is 0. The van der Waals surface area contributed by atoms with E-state index >= 15 is 0 Å². The second-order valence-corrected chi connectivity index (χ2v) is 4.99. The Bertz CT molecular complexity index is 529. The van der Waals surface area contributed by atoms with Gasteiger partial charge in [0.2, 0.25) is 0 Å². The van der Waals surface area contributed by atoms with Crippen molar-refractivity contribution >= 4 is 5.57 Å². The molecule has 1 aromatic rings. The topological polar surface area (TPSA) is 0 Å². The largest absolute Gasteiger partial charge is 0.0726 e. The zero-order chi connectivity index (χ0) is 11.8. The Labute approximate surface area is 103 Å². The van der Waals surface area contributed by atoms with Crippen molar-refractivity contribution in [2.75, 3.05) is 0 Å². The van der Waals surface area contributed by atoms with Crippen molar-refractivity contribution in [1.29, 1.82) is 0 Å². The van der Waals surface area contributed by atoms with E-state index in [0.29, 0.717) is 11.8 Å². The molecule has 86 valence electrons. The summed E-state index contributed by atoms with van der Waals surface area (Å²) in [6.45, 7) is 4.62. The van der Waals surface area contributed by atoms with Crippen LogP contribution in [0, 0.1) is 5.92 Å². The van der Waals surface area contributed by atoms with E-state index in [1.807, 2.05) is 0 Å². The van der Waals surface area contributed by atoms with Gasteiger partial charge in [0.05, 0.1) is 0 Å². The monoisotopic (exact) mass is 222 g/mol. The van der Waals surface area contributed by atoms with Gasteiger partial charge in [0.1, 0.15) is 0 Å². The zero-order valence-electron chi connectivity index (χ0n) is 10.5. The minimum atomic E-state index is 0.500. The molecule has 2 atom stereocenters. The van der Waals surface area contributed by atoms with Gasteiger partial charge in [-0.25, -0.2) is 0 Å². The first-order chi connectivity index (χ1) is 8.33. The van der Waals surface area contributed by atoms with E-state index in [-0.39, 0.29) is 0 Å². The van der Waals surface area contributed by atoms with Crippen molar-refractivity contribution in [3.8, 4) is 0 Å². The Morgan fingerprint density at radius 1 is 1.18 bits per heavy atom. The average molecular weight is 222 g/mol. The van der Waals surface area contributed by atoms with Gasteiger partial charge in [0.25, 0.3) is 0 Å². The third-order valence-electron chi connectivity index (χ3n) is 4.03. The first-order valence-corrected chi connectivity index (χ1v) is 6.51. The summed E-state index contributed by atoms with van der Waals surface area (Å²) in [5.74, 6) is 1.15. The summed E-state index contributed by atoms with van der Waals surface area (Å²) in [6.07, 6.45) is 10.2. The Morgan fingerprint density at radius 2 is 2.00 bits per heavy atom. The maximum atomic E-state index is 2.34. The predicted molar refractivity (Wildman–Crippen MR) is 73.8 cm³/mol. The molecule has 0 nitrogen and oxygen atoms in total. The summed E-state index contributed by atoms with van der Waals surface area (Å²) in [6, 6.07) is 8.87. The number of allylic oxidation sites excluding steroid dienone is 6. The van der Waals surface area contributed by atoms with Gasteiger partial charge in [0, 0.05) is 5.92 Å². The lowest BCUT2D eigenvalue weighted by Crippen LogP contribution is -1.98. The molecule has 0 saturated carbocycles. The van der Waals surface area contributed by atoms with Crippen molar-refractivity contribution in [3.05, 3.63) is 65.3 Å². The van der Waals surface area contributed by atoms with Crippen molar-refractivity contribution in [1.82, 2.24) is 0 Å². The van der Waals surface area contributed by atoms with Crippen molar-refractivity contribution in [2.24, 2.45) is 5.92 Å². The Morgan fingerprint density at radius 3 is 2.82 bits per heavy atom. The highest BCUT2D eigenvalue weighted by Gasteiger charge is 2.30. The summed E-state index contributed by atoms with van der Waals surface area (Å²) in [5, 5.41) is 0. The van der Waals surface area contributed by atoms with Crippen LogP contribution in [0.25, 0.3) is 5.57 Å². The van der Waals surface area contributed by atoms with Crippen LogP contribution in [0.2, 0.25) is 0 Å². The molecule has 3 rings (SSSR count). The zero-order valence-corrected chi connectivity index (χ0v) is 10.5. The molecule has 0 amide bonds. The maximum Gasteiger partial charge on any atom is 0.0281 e. The summed E-state index contributed by atoms with van der Waals surface area (Å²) < 4.78 is 0. The molecule has 0 spiro atoms. The van der Waals surface area contributed by atoms with Gasteiger partial charge in [-0.1, -0.05) is 62.4 Å². The van der Waals surface area contributed by atoms with Gasteiger partial charge in [-0.2, -0.15) is 0 Å². The maximum absolute atomic E-state index is 2.34. The van der Waals surface area contributed by atoms with Crippen LogP contribution in [0.3, 0.4) is 0 Å². The second kappa shape index (κ2) is 4.03. The SMILES string of the molecule is CCC(C)C1=C2C=CC=CC2c2ccccc21. The Kier molecular flexibility index (Phi) is 2.51. The fourth-order valence-electron chi connectivity index (χ4n) is 2.99. The average Bonchev–Trinajstić information content (AvgIpc) is 2.72. The van der Waals surface area contributed by atoms with E-state index < -0.39 is 0 Å². The molecule has 17 heavy (non-hydrogen) atoms. The van der Waals surface area contributed by atoms with Crippen LogP contribution >= 0.6 is 0 Å². The van der Waals surface area contributed by atoms with E-state index in [2.05, 4.69) is 62.4 Å². The van der Waals surface area contributed by atoms with Crippen molar-refractivity contribution < 1.29 is 0 Å². The molecule has 0 aromatic heterocycles. The fraction of sp³-hybridized carbons (Fsp3) is 0.294. The third kappa shape index (κ3) is 1.51. The third-order valence-corrected chi connectivity index (χ3v) is 4.03. The number of hydrogen-bond acceptors (Lipinski definition) is 0. The quantitative estimate of drug-likeness (QED) is 0.679. The lowest BCUT2D eigenvalue weighted by atomic mass is 9.89. The summed E-state index contributed by atoms with van der Waals surface area (Å²) >= 11 is 0. The van der Waals surface area contributed by atoms with Crippen LogP contribution in [-0.2, 0) is 0 Å². The smallest absolute Gasteiger partial charge is 0.0281 e. The first kappa shape index (κ1) is 10.6. The number of fused-ring (bicyclic) bond motifs is 3. The molecule has 0 heterocycles. The molecule has 0 fully saturated rings. The summed E-state index contributed by atoms with van der Waals surface area (Å²) in [7, 11) is 0. The molecule has 2 aliphatic rings. The van der Waals surface area contributed by atoms with E-state index in [9.17, 15) is 0 Å². The van der Waals surface area contributed by atoms with Crippen LogP contribution in [0.1, 0.15) is 37.3 Å². The van der Waals surface area contributed by atoms with Gasteiger partial charge < -0.3 is 0 Å². The molecule has 0 aliphatic heterocycles. The number of hydrogen-bond donors (Lipinski definition) is 0. The lowest BCUT2D eigenvalue weighted by molar-refractivity contribution is 0.716. The van der Waals surface area contributed by atoms with Crippen molar-refractivity contribution in [2.45, 2.75) is 26.2 Å². The molecule has 2 unspecified atom stereocenters. The first-order valence-electron chi connectivity index (χ1n) is 6.51. The molecule has 0 N–H and O–H groups in total. The van der Waals surface area contributed by atoms with Gasteiger partial charge in [-0.3, -0.25) is 0 Å². The molecular weight excluding hydrogens is 204 g/mol. The molecule has 0 bridgehead atoms. The minimum absolute atomic E-state index is 0.500. The van der Waals surface area contributed by atoms with Crippen LogP contribution < -0.4 is 0 Å². The minimum Gasteiger partial charge on any atom is -0.0726 e. The number of benzene rings is 1. The van der Waals surface area contributed by atoms with Crippen molar-refractivity contribution in [3.63, 3.8) is 0 Å². The standard InChI is InChI=1S/C17H18/c1-3-12(2)17-15-10-6-4-8-13(15)14-9-5-7-11-16(14)17/h4-13H,3H2,1-2H3. The summed E-state index contributed by atoms with van der Waals surface area (Å²) in [5.41, 5.74) is 6.04. The Balaban J connectivity index is 2.22. The Hall–Kier alpha value is -1.56. The normalized spacial score (nSPS) is 22.6. The van der Waals surface area contributed by atoms with Crippen LogP contribution in [-0.4, -0.2) is 0 Å². The molecule has 1 aromatic carbocycles. The predicted octanol–water partition coefficient (Wildman–Crippen LogP) is 4.71. The lowest BCUT2D eigenvalue weighted by Gasteiger charge is -2.15. The van der Waals surface area contributed by atoms with E-state index in [1.54, 1.807) is 5.57 Å². The van der Waals surface area contributed by atoms with E-state index in [1.165, 1.54) is 23.1 Å². The van der Waals surface area contributed by atoms with Gasteiger partial charge in [-0.15, -0.1) is 0 Å². The van der Waals surface area contributed by atoms with Crippen LogP contribution in [0.5, 0.6) is 0 Å². The van der Waals surface area contributed by atoms with Gasteiger partial charge in [0.15, 0.2) is 0 Å². The second-order valence-electron chi connectivity index (χ2n) is 4.99. The fourth-order valence-corrected chi connectivity index (χ4v) is 2.99. The van der Waals surface area contributed by atoms with Gasteiger partial charge in [-0.05, 0) is 34.6 Å². The van der Waals surface area contributed by atoms with E-state index in [0.717, 1.165) is 0 Å². The van der Waals surface area contributed by atoms with E-state index in [4.69, 9.17) is 0 Å². The highest BCUT2D eigenvalue weighted by atomic mass is 14.3. The molecule has 2 aliphatic carbocycles. The number of rotatable bonds is 2. The highest BCUT2D eigenvalue weighted by molar-refractivity contribution is 5.83. The molecule has 0 heteroatoms. The molecule has 0 radical (unpaired) electrons. The highest BCUT2D eigenvalue weighted by Crippen LogP contribution is 2.47. The van der Waals surface area contributed by atoms with Crippen LogP contribution in [0.15, 0.2) is 54.1 Å². The molecule has 0 saturated heterocycles. The van der Waals surface area contributed by atoms with Crippen LogP contribution in [0.4, 0.5) is 0 Å². The molecular formula is C17H18.